The molecule has 1 rings (SSSR count). The van der Waals surface area contributed by atoms with E-state index in [1.165, 1.54) is 0 Å². The molecule has 1 fully saturated rings. The fraction of sp³-hybridized carbons (Fsp3) is 0.818. The maximum atomic E-state index is 12.0. The van der Waals surface area contributed by atoms with Gasteiger partial charge in [-0.15, -0.1) is 0 Å². The van der Waals surface area contributed by atoms with Crippen LogP contribution in [0, 0.1) is 11.3 Å². The van der Waals surface area contributed by atoms with Gasteiger partial charge in [0.1, 0.15) is 6.04 Å². The van der Waals surface area contributed by atoms with Gasteiger partial charge < -0.3 is 15.1 Å². The first-order valence-electron chi connectivity index (χ1n) is 5.61. The standard InChI is InChI=1S/C11H20N4O/c1-9-8-13-10(4-5-12)11(16)15(9)7-6-14(2)3/h9-10,13H,4,6-8H2,1-3H3. The molecule has 0 aromatic carbocycles. The summed E-state index contributed by atoms with van der Waals surface area (Å²) in [7, 11) is 3.98. The molecular weight excluding hydrogens is 204 g/mol. The fourth-order valence-electron chi connectivity index (χ4n) is 1.82. The molecule has 16 heavy (non-hydrogen) atoms. The molecule has 1 saturated heterocycles. The van der Waals surface area contributed by atoms with Gasteiger partial charge in [-0.2, -0.15) is 5.26 Å². The molecule has 1 aliphatic rings. The predicted molar refractivity (Wildman–Crippen MR) is 61.7 cm³/mol. The van der Waals surface area contributed by atoms with Gasteiger partial charge in [-0.25, -0.2) is 0 Å². The average Bonchev–Trinajstić information content (AvgIpc) is 2.22. The van der Waals surface area contributed by atoms with Crippen LogP contribution in [0.25, 0.3) is 0 Å². The summed E-state index contributed by atoms with van der Waals surface area (Å²) in [6.45, 7) is 4.39. The Morgan fingerprint density at radius 1 is 1.62 bits per heavy atom. The molecule has 0 aliphatic carbocycles. The minimum absolute atomic E-state index is 0.0575. The number of likely N-dealkylation sites (N-methyl/N-ethyl adjacent to an activating group) is 1. The summed E-state index contributed by atoms with van der Waals surface area (Å²) in [5, 5.41) is 11.7. The topological polar surface area (TPSA) is 59.4 Å². The lowest BCUT2D eigenvalue weighted by atomic mass is 10.1. The molecule has 0 spiro atoms. The van der Waals surface area contributed by atoms with E-state index in [1.807, 2.05) is 32.0 Å². The van der Waals surface area contributed by atoms with Crippen LogP contribution in [0.4, 0.5) is 0 Å². The molecule has 1 heterocycles. The highest BCUT2D eigenvalue weighted by Crippen LogP contribution is 2.10. The number of carbonyl (C=O) groups excluding carboxylic acids is 1. The first kappa shape index (κ1) is 12.9. The van der Waals surface area contributed by atoms with Crippen LogP contribution in [0.3, 0.4) is 0 Å². The minimum Gasteiger partial charge on any atom is -0.336 e. The van der Waals surface area contributed by atoms with Gasteiger partial charge >= 0.3 is 0 Å². The number of nitriles is 1. The number of piperazine rings is 1. The summed E-state index contributed by atoms with van der Waals surface area (Å²) in [4.78, 5) is 16.0. The van der Waals surface area contributed by atoms with E-state index in [4.69, 9.17) is 5.26 Å². The molecule has 0 aromatic heterocycles. The number of nitrogens with zero attached hydrogens (tertiary/aromatic N) is 3. The van der Waals surface area contributed by atoms with E-state index < -0.39 is 0 Å². The molecule has 1 amide bonds. The molecule has 0 radical (unpaired) electrons. The largest absolute Gasteiger partial charge is 0.336 e. The van der Waals surface area contributed by atoms with Crippen molar-refractivity contribution < 1.29 is 4.79 Å². The Morgan fingerprint density at radius 3 is 2.88 bits per heavy atom. The van der Waals surface area contributed by atoms with E-state index >= 15 is 0 Å². The Hall–Kier alpha value is -1.12. The summed E-state index contributed by atoms with van der Waals surface area (Å²) in [5.74, 6) is 0.0575. The number of nitrogens with one attached hydrogen (secondary N) is 1. The van der Waals surface area contributed by atoms with Gasteiger partial charge in [0.05, 0.1) is 12.5 Å². The summed E-state index contributed by atoms with van der Waals surface area (Å²) < 4.78 is 0. The minimum atomic E-state index is -0.316. The summed E-state index contributed by atoms with van der Waals surface area (Å²) >= 11 is 0. The Kier molecular flexibility index (Phi) is 4.71. The number of rotatable bonds is 4. The van der Waals surface area contributed by atoms with Crippen molar-refractivity contribution in [3.8, 4) is 6.07 Å². The Morgan fingerprint density at radius 2 is 2.31 bits per heavy atom. The van der Waals surface area contributed by atoms with Gasteiger partial charge in [0.15, 0.2) is 0 Å². The molecule has 1 N–H and O–H groups in total. The molecule has 2 atom stereocenters. The highest BCUT2D eigenvalue weighted by molar-refractivity contribution is 5.83. The third-order valence-electron chi connectivity index (χ3n) is 2.86. The van der Waals surface area contributed by atoms with Crippen LogP contribution >= 0.6 is 0 Å². The lowest BCUT2D eigenvalue weighted by Crippen LogP contribution is -2.60. The number of hydrogen-bond donors (Lipinski definition) is 1. The van der Waals surface area contributed by atoms with Crippen molar-refractivity contribution in [2.45, 2.75) is 25.4 Å². The van der Waals surface area contributed by atoms with E-state index in [-0.39, 0.29) is 24.4 Å². The van der Waals surface area contributed by atoms with Crippen molar-refractivity contribution >= 4 is 5.91 Å². The van der Waals surface area contributed by atoms with Crippen molar-refractivity contribution in [3.63, 3.8) is 0 Å². The second-order valence-electron chi connectivity index (χ2n) is 4.51. The molecule has 5 heteroatoms. The van der Waals surface area contributed by atoms with Crippen LogP contribution in [-0.2, 0) is 4.79 Å². The maximum absolute atomic E-state index is 12.0. The predicted octanol–water partition coefficient (Wildman–Crippen LogP) is -0.349. The van der Waals surface area contributed by atoms with Crippen LogP contribution < -0.4 is 5.32 Å². The molecule has 1 aliphatic heterocycles. The summed E-state index contributed by atoms with van der Waals surface area (Å²) in [6, 6.07) is 1.94. The second-order valence-corrected chi connectivity index (χ2v) is 4.51. The highest BCUT2D eigenvalue weighted by atomic mass is 16.2. The van der Waals surface area contributed by atoms with Gasteiger partial charge in [0.2, 0.25) is 5.91 Å². The quantitative estimate of drug-likeness (QED) is 0.709. The summed E-state index contributed by atoms with van der Waals surface area (Å²) in [6.07, 6.45) is 0.254. The van der Waals surface area contributed by atoms with E-state index in [2.05, 4.69) is 10.2 Å². The average molecular weight is 224 g/mol. The monoisotopic (exact) mass is 224 g/mol. The van der Waals surface area contributed by atoms with Crippen molar-refractivity contribution in [2.24, 2.45) is 0 Å². The number of amides is 1. The SMILES string of the molecule is CC1CNC(CC#N)C(=O)N1CCN(C)C. The van der Waals surface area contributed by atoms with E-state index in [1.54, 1.807) is 0 Å². The molecule has 5 nitrogen and oxygen atoms in total. The first-order valence-corrected chi connectivity index (χ1v) is 5.61. The van der Waals surface area contributed by atoms with Gasteiger partial charge in [0, 0.05) is 25.7 Å². The molecular formula is C11H20N4O. The van der Waals surface area contributed by atoms with Gasteiger partial charge in [-0.05, 0) is 21.0 Å². The number of hydrogen-bond acceptors (Lipinski definition) is 4. The Bertz CT molecular complexity index is 284. The first-order chi connectivity index (χ1) is 7.56. The lowest BCUT2D eigenvalue weighted by molar-refractivity contribution is -0.138. The van der Waals surface area contributed by atoms with E-state index in [0.29, 0.717) is 0 Å². The fourth-order valence-corrected chi connectivity index (χ4v) is 1.82. The lowest BCUT2D eigenvalue weighted by Gasteiger charge is -2.38. The van der Waals surface area contributed by atoms with Crippen LogP contribution in [0.2, 0.25) is 0 Å². The van der Waals surface area contributed by atoms with Gasteiger partial charge in [-0.1, -0.05) is 0 Å². The molecule has 0 saturated carbocycles. The number of carbonyl (C=O) groups is 1. The van der Waals surface area contributed by atoms with Crippen molar-refractivity contribution in [3.05, 3.63) is 0 Å². The summed E-state index contributed by atoms with van der Waals surface area (Å²) in [5.41, 5.74) is 0. The molecule has 0 aromatic rings. The molecule has 0 bridgehead atoms. The van der Waals surface area contributed by atoms with Crippen molar-refractivity contribution in [1.82, 2.24) is 15.1 Å². The maximum Gasteiger partial charge on any atom is 0.241 e. The smallest absolute Gasteiger partial charge is 0.241 e. The molecule has 90 valence electrons. The zero-order valence-electron chi connectivity index (χ0n) is 10.2. The van der Waals surface area contributed by atoms with Gasteiger partial charge in [0.25, 0.3) is 0 Å². The molecule has 2 unspecified atom stereocenters. The Labute approximate surface area is 97.0 Å². The Balaban J connectivity index is 2.58. The highest BCUT2D eigenvalue weighted by Gasteiger charge is 2.32. The van der Waals surface area contributed by atoms with E-state index in [0.717, 1.165) is 19.6 Å². The van der Waals surface area contributed by atoms with Crippen LogP contribution in [0.1, 0.15) is 13.3 Å². The van der Waals surface area contributed by atoms with E-state index in [9.17, 15) is 4.79 Å². The van der Waals surface area contributed by atoms with Crippen LogP contribution in [0.5, 0.6) is 0 Å². The van der Waals surface area contributed by atoms with Crippen molar-refractivity contribution in [2.75, 3.05) is 33.7 Å². The van der Waals surface area contributed by atoms with Gasteiger partial charge in [-0.3, -0.25) is 4.79 Å². The normalized spacial score (nSPS) is 25.9. The zero-order valence-corrected chi connectivity index (χ0v) is 10.2. The van der Waals surface area contributed by atoms with Crippen LogP contribution in [0.15, 0.2) is 0 Å². The third kappa shape index (κ3) is 3.19. The zero-order chi connectivity index (χ0) is 12.1. The third-order valence-corrected chi connectivity index (χ3v) is 2.86. The van der Waals surface area contributed by atoms with Crippen LogP contribution in [-0.4, -0.2) is 61.5 Å². The second kappa shape index (κ2) is 5.83. The van der Waals surface area contributed by atoms with Crippen molar-refractivity contribution in [1.29, 1.82) is 5.26 Å².